The van der Waals surface area contributed by atoms with Crippen molar-refractivity contribution in [3.8, 4) is 0 Å². The molecule has 1 aliphatic heterocycles. The number of oxime groups is 1. The van der Waals surface area contributed by atoms with Crippen molar-refractivity contribution in [3.63, 3.8) is 0 Å². The average Bonchev–Trinajstić information content (AvgIpc) is 2.36. The molecule has 0 saturated carbocycles. The highest BCUT2D eigenvalue weighted by molar-refractivity contribution is 5.99. The number of nitrogens with one attached hydrogen (secondary N) is 1. The van der Waals surface area contributed by atoms with Crippen LogP contribution < -0.4 is 5.32 Å². The van der Waals surface area contributed by atoms with Gasteiger partial charge in [0, 0.05) is 13.5 Å². The van der Waals surface area contributed by atoms with Gasteiger partial charge in [0.2, 0.25) is 0 Å². The number of carbonyl (C=O) groups excluding carboxylic acids is 1. The Hall–Kier alpha value is -1.10. The summed E-state index contributed by atoms with van der Waals surface area (Å²) in [5.74, 6) is 0.374. The van der Waals surface area contributed by atoms with Crippen LogP contribution in [0.25, 0.3) is 0 Å². The van der Waals surface area contributed by atoms with Crippen molar-refractivity contribution in [2.75, 3.05) is 13.7 Å². The maximum absolute atomic E-state index is 10.9. The third-order valence-electron chi connectivity index (χ3n) is 1.38. The number of ether oxygens (including phenoxy) is 1. The van der Waals surface area contributed by atoms with E-state index in [-0.39, 0.29) is 18.6 Å². The number of nitrogens with zero attached hydrogens (tertiary/aromatic N) is 1. The molecule has 5 nitrogen and oxygen atoms in total. The molecule has 0 spiro atoms. The molecule has 1 unspecified atom stereocenters. The minimum absolute atomic E-state index is 0.0490. The van der Waals surface area contributed by atoms with Crippen molar-refractivity contribution in [3.05, 3.63) is 0 Å². The summed E-state index contributed by atoms with van der Waals surface area (Å²) in [7, 11) is 1.47. The lowest BCUT2D eigenvalue weighted by Crippen LogP contribution is -2.32. The number of amides is 1. The molecular weight excluding hydrogens is 160 g/mol. The zero-order valence-corrected chi connectivity index (χ0v) is 7.16. The predicted octanol–water partition coefficient (Wildman–Crippen LogP) is -0.129. The topological polar surface area (TPSA) is 59.9 Å². The van der Waals surface area contributed by atoms with Gasteiger partial charge in [-0.15, -0.1) is 0 Å². The summed E-state index contributed by atoms with van der Waals surface area (Å²) in [6.45, 7) is 1.94. The first-order valence-corrected chi connectivity index (χ1v) is 3.74. The molecule has 0 saturated heterocycles. The van der Waals surface area contributed by atoms with Crippen LogP contribution in [0.15, 0.2) is 5.16 Å². The molecule has 0 radical (unpaired) electrons. The van der Waals surface area contributed by atoms with Gasteiger partial charge in [-0.3, -0.25) is 4.79 Å². The van der Waals surface area contributed by atoms with E-state index in [1.165, 1.54) is 7.11 Å². The van der Waals surface area contributed by atoms with E-state index < -0.39 is 0 Å². The number of methoxy groups -OCH3 is 1. The van der Waals surface area contributed by atoms with Gasteiger partial charge in [-0.1, -0.05) is 5.16 Å². The normalized spacial score (nSPS) is 21.5. The number of rotatable bonds is 2. The number of hydrogen-bond acceptors (Lipinski definition) is 4. The molecule has 12 heavy (non-hydrogen) atoms. The molecule has 0 bridgehead atoms. The Morgan fingerprint density at radius 1 is 1.92 bits per heavy atom. The molecule has 1 amide bonds. The quantitative estimate of drug-likeness (QED) is 0.631. The van der Waals surface area contributed by atoms with Gasteiger partial charge in [0.05, 0.1) is 0 Å². The lowest BCUT2D eigenvalue weighted by atomic mass is 10.3. The van der Waals surface area contributed by atoms with E-state index in [2.05, 4.69) is 15.2 Å². The minimum Gasteiger partial charge on any atom is -0.391 e. The van der Waals surface area contributed by atoms with Crippen molar-refractivity contribution >= 4 is 11.7 Å². The molecular formula is C7H12N2O3. The SMILES string of the molecule is COCC(=O)NC1=NOC(C)C1. The predicted molar refractivity (Wildman–Crippen MR) is 42.6 cm³/mol. The van der Waals surface area contributed by atoms with E-state index in [0.29, 0.717) is 12.3 Å². The fraction of sp³-hybridized carbons (Fsp3) is 0.714. The Kier molecular flexibility index (Phi) is 3.04. The Morgan fingerprint density at radius 3 is 3.17 bits per heavy atom. The molecule has 1 atom stereocenters. The molecule has 1 rings (SSSR count). The second-order valence-corrected chi connectivity index (χ2v) is 2.64. The van der Waals surface area contributed by atoms with Crippen LogP contribution in [0, 0.1) is 0 Å². The lowest BCUT2D eigenvalue weighted by molar-refractivity contribution is -0.123. The maximum atomic E-state index is 10.9. The average molecular weight is 172 g/mol. The molecule has 1 aliphatic rings. The van der Waals surface area contributed by atoms with E-state index in [9.17, 15) is 4.79 Å². The van der Waals surface area contributed by atoms with Gasteiger partial charge in [0.15, 0.2) is 5.84 Å². The van der Waals surface area contributed by atoms with Crippen LogP contribution in [-0.4, -0.2) is 31.6 Å². The van der Waals surface area contributed by atoms with Gasteiger partial charge >= 0.3 is 0 Å². The smallest absolute Gasteiger partial charge is 0.251 e. The van der Waals surface area contributed by atoms with Crippen molar-refractivity contribution < 1.29 is 14.4 Å². The van der Waals surface area contributed by atoms with Crippen LogP contribution in [0.4, 0.5) is 0 Å². The lowest BCUT2D eigenvalue weighted by Gasteiger charge is -2.00. The van der Waals surface area contributed by atoms with Crippen molar-refractivity contribution in [1.29, 1.82) is 0 Å². The molecule has 0 aromatic heterocycles. The summed E-state index contributed by atoms with van der Waals surface area (Å²) < 4.78 is 4.63. The maximum Gasteiger partial charge on any atom is 0.251 e. The summed E-state index contributed by atoms with van der Waals surface area (Å²) in [6, 6.07) is 0. The molecule has 0 aromatic carbocycles. The van der Waals surface area contributed by atoms with Crippen LogP contribution in [-0.2, 0) is 14.4 Å². The Labute approximate surface area is 70.7 Å². The monoisotopic (exact) mass is 172 g/mol. The van der Waals surface area contributed by atoms with Gasteiger partial charge in [-0.25, -0.2) is 0 Å². The van der Waals surface area contributed by atoms with Crippen molar-refractivity contribution in [1.82, 2.24) is 5.32 Å². The van der Waals surface area contributed by atoms with Gasteiger partial charge in [0.1, 0.15) is 12.7 Å². The van der Waals surface area contributed by atoms with E-state index >= 15 is 0 Å². The van der Waals surface area contributed by atoms with Crippen LogP contribution in [0.5, 0.6) is 0 Å². The van der Waals surface area contributed by atoms with Gasteiger partial charge in [-0.05, 0) is 6.92 Å². The third kappa shape index (κ3) is 2.50. The summed E-state index contributed by atoms with van der Waals surface area (Å²) in [4.78, 5) is 15.8. The van der Waals surface area contributed by atoms with Crippen LogP contribution in [0.1, 0.15) is 13.3 Å². The third-order valence-corrected chi connectivity index (χ3v) is 1.38. The van der Waals surface area contributed by atoms with Gasteiger partial charge < -0.3 is 14.9 Å². The van der Waals surface area contributed by atoms with Crippen LogP contribution >= 0.6 is 0 Å². The van der Waals surface area contributed by atoms with Crippen molar-refractivity contribution in [2.24, 2.45) is 5.16 Å². The van der Waals surface area contributed by atoms with Crippen LogP contribution in [0.2, 0.25) is 0 Å². The van der Waals surface area contributed by atoms with Crippen molar-refractivity contribution in [2.45, 2.75) is 19.4 Å². The fourth-order valence-corrected chi connectivity index (χ4v) is 0.902. The summed E-state index contributed by atoms with van der Waals surface area (Å²) in [6.07, 6.45) is 0.706. The highest BCUT2D eigenvalue weighted by Gasteiger charge is 2.17. The Balaban J connectivity index is 2.27. The standard InChI is InChI=1S/C7H12N2O3/c1-5-3-6(9-12-5)8-7(10)4-11-2/h5H,3-4H2,1-2H3,(H,8,9,10). The van der Waals surface area contributed by atoms with Crippen LogP contribution in [0.3, 0.4) is 0 Å². The highest BCUT2D eigenvalue weighted by atomic mass is 16.6. The molecule has 1 heterocycles. The molecule has 0 aromatic rings. The Morgan fingerprint density at radius 2 is 2.67 bits per heavy atom. The Bertz CT molecular complexity index is 203. The zero-order valence-electron chi connectivity index (χ0n) is 7.16. The minimum atomic E-state index is -0.200. The summed E-state index contributed by atoms with van der Waals surface area (Å²) >= 11 is 0. The fourth-order valence-electron chi connectivity index (χ4n) is 0.902. The second kappa shape index (κ2) is 4.06. The second-order valence-electron chi connectivity index (χ2n) is 2.64. The highest BCUT2D eigenvalue weighted by Crippen LogP contribution is 2.06. The zero-order chi connectivity index (χ0) is 8.97. The van der Waals surface area contributed by atoms with E-state index in [1.807, 2.05) is 6.92 Å². The molecule has 1 N–H and O–H groups in total. The molecule has 0 aliphatic carbocycles. The van der Waals surface area contributed by atoms with Gasteiger partial charge in [-0.2, -0.15) is 0 Å². The summed E-state index contributed by atoms with van der Waals surface area (Å²) in [5.41, 5.74) is 0. The van der Waals surface area contributed by atoms with E-state index in [4.69, 9.17) is 4.84 Å². The number of amidine groups is 1. The largest absolute Gasteiger partial charge is 0.391 e. The first kappa shape index (κ1) is 8.99. The number of hydrogen-bond donors (Lipinski definition) is 1. The first-order chi connectivity index (χ1) is 5.72. The van der Waals surface area contributed by atoms with Gasteiger partial charge in [0.25, 0.3) is 5.91 Å². The molecule has 5 heteroatoms. The summed E-state index contributed by atoms with van der Waals surface area (Å²) in [5, 5.41) is 6.24. The number of carbonyl (C=O) groups is 1. The molecule has 0 fully saturated rings. The van der Waals surface area contributed by atoms with E-state index in [0.717, 1.165) is 0 Å². The first-order valence-electron chi connectivity index (χ1n) is 3.74. The molecule has 68 valence electrons. The van der Waals surface area contributed by atoms with E-state index in [1.54, 1.807) is 0 Å².